The third-order valence-corrected chi connectivity index (χ3v) is 4.61. The highest BCUT2D eigenvalue weighted by molar-refractivity contribution is 5.47. The van der Waals surface area contributed by atoms with Crippen molar-refractivity contribution in [3.8, 4) is 11.5 Å². The Morgan fingerprint density at radius 1 is 1.33 bits per heavy atom. The number of rotatable bonds is 8. The maximum absolute atomic E-state index is 5.86. The normalized spacial score (nSPS) is 16.7. The van der Waals surface area contributed by atoms with Crippen LogP contribution in [0.1, 0.15) is 59.9 Å². The van der Waals surface area contributed by atoms with E-state index in [9.17, 15) is 0 Å². The first-order valence-corrected chi connectivity index (χ1v) is 8.93. The summed E-state index contributed by atoms with van der Waals surface area (Å²) in [6.07, 6.45) is 4.20. The molecule has 0 fully saturated rings. The number of allylic oxidation sites excluding steroid dienone is 1. The van der Waals surface area contributed by atoms with Crippen molar-refractivity contribution in [2.75, 3.05) is 19.8 Å². The molecule has 1 aliphatic rings. The standard InChI is InChI=1S/C21H32O3/c1-7-24-21(5,6)12-10-16(2)11-13-22-17-8-9-18-19(14-17)23-15-20(18,3)4/h8-9,11,14H,7,10,12-13,15H2,1-6H3. The fourth-order valence-corrected chi connectivity index (χ4v) is 2.95. The number of benzene rings is 1. The lowest BCUT2D eigenvalue weighted by atomic mass is 9.87. The van der Waals surface area contributed by atoms with Crippen molar-refractivity contribution in [1.29, 1.82) is 0 Å². The minimum absolute atomic E-state index is 0.0607. The van der Waals surface area contributed by atoms with Crippen molar-refractivity contribution in [3.05, 3.63) is 35.4 Å². The molecule has 0 aliphatic carbocycles. The van der Waals surface area contributed by atoms with Crippen LogP contribution in [0.5, 0.6) is 11.5 Å². The van der Waals surface area contributed by atoms with Crippen molar-refractivity contribution in [3.63, 3.8) is 0 Å². The van der Waals surface area contributed by atoms with Gasteiger partial charge in [0, 0.05) is 23.7 Å². The van der Waals surface area contributed by atoms with E-state index in [1.807, 2.05) is 19.1 Å². The zero-order valence-corrected chi connectivity index (χ0v) is 16.1. The third-order valence-electron chi connectivity index (χ3n) is 4.61. The van der Waals surface area contributed by atoms with Gasteiger partial charge in [0.15, 0.2) is 0 Å². The highest BCUT2D eigenvalue weighted by Crippen LogP contribution is 2.40. The van der Waals surface area contributed by atoms with E-state index in [2.05, 4.69) is 46.8 Å². The summed E-state index contributed by atoms with van der Waals surface area (Å²) in [6.45, 7) is 15.0. The molecule has 0 aromatic heterocycles. The third kappa shape index (κ3) is 5.01. The molecule has 0 amide bonds. The Labute approximate surface area is 147 Å². The van der Waals surface area contributed by atoms with E-state index >= 15 is 0 Å². The molecule has 3 heteroatoms. The molecule has 1 aliphatic heterocycles. The average molecular weight is 332 g/mol. The largest absolute Gasteiger partial charge is 0.492 e. The first kappa shape index (κ1) is 18.9. The zero-order chi connectivity index (χ0) is 17.8. The van der Waals surface area contributed by atoms with Gasteiger partial charge >= 0.3 is 0 Å². The van der Waals surface area contributed by atoms with Gasteiger partial charge in [-0.1, -0.05) is 25.5 Å². The molecule has 3 nitrogen and oxygen atoms in total. The molecule has 0 N–H and O–H groups in total. The molecule has 0 atom stereocenters. The second kappa shape index (κ2) is 7.60. The molecule has 0 unspecified atom stereocenters. The quantitative estimate of drug-likeness (QED) is 0.606. The molecular formula is C21H32O3. The summed E-state index contributed by atoms with van der Waals surface area (Å²) in [7, 11) is 0. The molecule has 1 aromatic rings. The van der Waals surface area contributed by atoms with Crippen molar-refractivity contribution < 1.29 is 14.2 Å². The molecule has 24 heavy (non-hydrogen) atoms. The van der Waals surface area contributed by atoms with E-state index in [4.69, 9.17) is 14.2 Å². The van der Waals surface area contributed by atoms with Crippen LogP contribution in [0.15, 0.2) is 29.8 Å². The van der Waals surface area contributed by atoms with Gasteiger partial charge < -0.3 is 14.2 Å². The summed E-state index contributed by atoms with van der Waals surface area (Å²) >= 11 is 0. The summed E-state index contributed by atoms with van der Waals surface area (Å²) in [5.41, 5.74) is 2.63. The second-order valence-corrected chi connectivity index (χ2v) is 7.88. The molecule has 0 spiro atoms. The first-order chi connectivity index (χ1) is 11.2. The summed E-state index contributed by atoms with van der Waals surface area (Å²) in [5, 5.41) is 0. The molecule has 2 rings (SSSR count). The maximum atomic E-state index is 5.86. The van der Waals surface area contributed by atoms with Crippen LogP contribution >= 0.6 is 0 Å². The summed E-state index contributed by atoms with van der Waals surface area (Å²) in [6, 6.07) is 6.17. The van der Waals surface area contributed by atoms with Gasteiger partial charge in [0.25, 0.3) is 0 Å². The molecule has 1 aromatic carbocycles. The Morgan fingerprint density at radius 3 is 2.79 bits per heavy atom. The van der Waals surface area contributed by atoms with Gasteiger partial charge in [-0.15, -0.1) is 0 Å². The minimum atomic E-state index is -0.0607. The van der Waals surface area contributed by atoms with Crippen molar-refractivity contribution in [2.45, 2.75) is 65.4 Å². The monoisotopic (exact) mass is 332 g/mol. The summed E-state index contributed by atoms with van der Waals surface area (Å²) in [4.78, 5) is 0. The van der Waals surface area contributed by atoms with Crippen LogP contribution in [0.4, 0.5) is 0 Å². The van der Waals surface area contributed by atoms with E-state index < -0.39 is 0 Å². The number of hydrogen-bond donors (Lipinski definition) is 0. The Hall–Kier alpha value is -1.48. The average Bonchev–Trinajstić information content (AvgIpc) is 2.80. The second-order valence-electron chi connectivity index (χ2n) is 7.88. The lowest BCUT2D eigenvalue weighted by molar-refractivity contribution is -0.0158. The predicted octanol–water partition coefficient (Wildman–Crippen LogP) is 5.28. The molecular weight excluding hydrogens is 300 g/mol. The van der Waals surface area contributed by atoms with Gasteiger partial charge in [0.1, 0.15) is 18.1 Å². The highest BCUT2D eigenvalue weighted by atomic mass is 16.5. The van der Waals surface area contributed by atoms with Gasteiger partial charge in [-0.2, -0.15) is 0 Å². The maximum Gasteiger partial charge on any atom is 0.126 e. The van der Waals surface area contributed by atoms with E-state index in [1.54, 1.807) is 0 Å². The smallest absolute Gasteiger partial charge is 0.126 e. The van der Waals surface area contributed by atoms with Crippen molar-refractivity contribution >= 4 is 0 Å². The molecule has 0 saturated heterocycles. The van der Waals surface area contributed by atoms with Crippen LogP contribution in [-0.2, 0) is 10.2 Å². The highest BCUT2D eigenvalue weighted by Gasteiger charge is 2.31. The SMILES string of the molecule is CCOC(C)(C)CCC(C)=CCOc1ccc2c(c1)OCC2(C)C. The fraction of sp³-hybridized carbons (Fsp3) is 0.619. The zero-order valence-electron chi connectivity index (χ0n) is 16.1. The van der Waals surface area contributed by atoms with Gasteiger partial charge in [-0.05, 0) is 52.7 Å². The Bertz CT molecular complexity index is 585. The van der Waals surface area contributed by atoms with Crippen LogP contribution in [0.2, 0.25) is 0 Å². The van der Waals surface area contributed by atoms with Crippen LogP contribution in [0, 0.1) is 0 Å². The Balaban J connectivity index is 1.84. The molecule has 0 bridgehead atoms. The van der Waals surface area contributed by atoms with E-state index in [0.717, 1.165) is 37.6 Å². The minimum Gasteiger partial charge on any atom is -0.492 e. The molecule has 0 radical (unpaired) electrons. The lowest BCUT2D eigenvalue weighted by Gasteiger charge is -2.24. The van der Waals surface area contributed by atoms with Crippen LogP contribution in [-0.4, -0.2) is 25.4 Å². The van der Waals surface area contributed by atoms with Crippen LogP contribution < -0.4 is 9.47 Å². The molecule has 0 saturated carbocycles. The van der Waals surface area contributed by atoms with Gasteiger partial charge in [0.2, 0.25) is 0 Å². The van der Waals surface area contributed by atoms with E-state index in [1.165, 1.54) is 11.1 Å². The van der Waals surface area contributed by atoms with Gasteiger partial charge in [-0.25, -0.2) is 0 Å². The number of fused-ring (bicyclic) bond motifs is 1. The van der Waals surface area contributed by atoms with Crippen LogP contribution in [0.25, 0.3) is 0 Å². The topological polar surface area (TPSA) is 27.7 Å². The lowest BCUT2D eigenvalue weighted by Crippen LogP contribution is -2.24. The fourth-order valence-electron chi connectivity index (χ4n) is 2.95. The van der Waals surface area contributed by atoms with E-state index in [0.29, 0.717) is 6.61 Å². The van der Waals surface area contributed by atoms with E-state index in [-0.39, 0.29) is 11.0 Å². The number of hydrogen-bond acceptors (Lipinski definition) is 3. The number of ether oxygens (including phenoxy) is 3. The first-order valence-electron chi connectivity index (χ1n) is 8.93. The summed E-state index contributed by atoms with van der Waals surface area (Å²) in [5.74, 6) is 1.82. The van der Waals surface area contributed by atoms with Gasteiger partial charge in [-0.3, -0.25) is 0 Å². The Kier molecular flexibility index (Phi) is 5.97. The Morgan fingerprint density at radius 2 is 2.08 bits per heavy atom. The van der Waals surface area contributed by atoms with Crippen molar-refractivity contribution in [1.82, 2.24) is 0 Å². The predicted molar refractivity (Wildman–Crippen MR) is 99.2 cm³/mol. The summed E-state index contributed by atoms with van der Waals surface area (Å²) < 4.78 is 17.4. The van der Waals surface area contributed by atoms with Gasteiger partial charge in [0.05, 0.1) is 12.2 Å². The van der Waals surface area contributed by atoms with Crippen molar-refractivity contribution in [2.24, 2.45) is 0 Å². The molecule has 134 valence electrons. The van der Waals surface area contributed by atoms with Crippen LogP contribution in [0.3, 0.4) is 0 Å². The molecule has 1 heterocycles.